The van der Waals surface area contributed by atoms with Crippen LogP contribution in [0.15, 0.2) is 24.3 Å². The van der Waals surface area contributed by atoms with Crippen LogP contribution in [-0.4, -0.2) is 35.7 Å². The molecule has 20 heavy (non-hydrogen) atoms. The van der Waals surface area contributed by atoms with Gasteiger partial charge in [0, 0.05) is 19.5 Å². The summed E-state index contributed by atoms with van der Waals surface area (Å²) in [5, 5.41) is 8.76. The minimum atomic E-state index is -2.81. The molecule has 110 valence electrons. The summed E-state index contributed by atoms with van der Waals surface area (Å²) in [6, 6.07) is 6.54. The number of carboxylic acids is 1. The zero-order chi connectivity index (χ0) is 14.5. The van der Waals surface area contributed by atoms with Crippen LogP contribution in [-0.2, 0) is 11.3 Å². The van der Waals surface area contributed by atoms with Crippen molar-refractivity contribution in [2.45, 2.75) is 26.0 Å². The predicted molar refractivity (Wildman–Crippen MR) is 68.7 cm³/mol. The number of carbonyl (C=O) groups is 1. The number of rotatable bonds is 6. The van der Waals surface area contributed by atoms with Crippen LogP contribution in [0, 0.1) is 5.92 Å². The van der Waals surface area contributed by atoms with E-state index in [9.17, 15) is 13.6 Å². The summed E-state index contributed by atoms with van der Waals surface area (Å²) in [6.45, 7) is -0.476. The minimum absolute atomic E-state index is 0.147. The van der Waals surface area contributed by atoms with Crippen molar-refractivity contribution in [3.63, 3.8) is 0 Å². The number of halogens is 2. The number of benzene rings is 1. The maximum absolute atomic E-state index is 12.0. The molecule has 6 heteroatoms. The Kier molecular flexibility index (Phi) is 4.89. The van der Waals surface area contributed by atoms with E-state index in [2.05, 4.69) is 9.64 Å². The number of aliphatic carboxylic acids is 1. The summed E-state index contributed by atoms with van der Waals surface area (Å²) in [7, 11) is 0. The molecule has 0 aromatic heterocycles. The van der Waals surface area contributed by atoms with Crippen LogP contribution in [0.4, 0.5) is 8.78 Å². The van der Waals surface area contributed by atoms with Gasteiger partial charge in [0.1, 0.15) is 5.75 Å². The van der Waals surface area contributed by atoms with E-state index in [0.717, 1.165) is 25.1 Å². The van der Waals surface area contributed by atoms with E-state index in [-0.39, 0.29) is 18.1 Å². The highest BCUT2D eigenvalue weighted by atomic mass is 19.3. The molecule has 1 atom stereocenters. The van der Waals surface area contributed by atoms with E-state index >= 15 is 0 Å². The summed E-state index contributed by atoms with van der Waals surface area (Å²) in [5.41, 5.74) is 1.00. The summed E-state index contributed by atoms with van der Waals surface area (Å²) in [5.74, 6) is -0.409. The number of likely N-dealkylation sites (tertiary alicyclic amines) is 1. The van der Waals surface area contributed by atoms with Crippen molar-refractivity contribution in [2.75, 3.05) is 13.1 Å². The van der Waals surface area contributed by atoms with Gasteiger partial charge in [0.25, 0.3) is 0 Å². The van der Waals surface area contributed by atoms with E-state index in [0.29, 0.717) is 6.54 Å². The van der Waals surface area contributed by atoms with Gasteiger partial charge in [-0.1, -0.05) is 12.1 Å². The molecule has 0 aliphatic carbocycles. The van der Waals surface area contributed by atoms with Crippen molar-refractivity contribution in [1.82, 2.24) is 4.90 Å². The van der Waals surface area contributed by atoms with Gasteiger partial charge in [-0.2, -0.15) is 8.78 Å². The highest BCUT2D eigenvalue weighted by molar-refractivity contribution is 5.67. The van der Waals surface area contributed by atoms with Crippen molar-refractivity contribution in [3.8, 4) is 5.75 Å². The molecule has 0 bridgehead atoms. The Morgan fingerprint density at radius 1 is 1.40 bits per heavy atom. The van der Waals surface area contributed by atoms with Crippen molar-refractivity contribution in [1.29, 1.82) is 0 Å². The molecular formula is C14H17F2NO3. The molecule has 0 amide bonds. The number of hydrogen-bond donors (Lipinski definition) is 1. The van der Waals surface area contributed by atoms with E-state index < -0.39 is 12.6 Å². The van der Waals surface area contributed by atoms with E-state index in [4.69, 9.17) is 5.11 Å². The Balaban J connectivity index is 1.83. The molecule has 1 aromatic rings. The third-order valence-electron chi connectivity index (χ3n) is 3.39. The molecule has 2 rings (SSSR count). The molecule has 0 spiro atoms. The highest BCUT2D eigenvalue weighted by Gasteiger charge is 2.24. The molecule has 4 nitrogen and oxygen atoms in total. The lowest BCUT2D eigenvalue weighted by molar-refractivity contribution is -0.138. The molecule has 0 saturated carbocycles. The molecule has 1 N–H and O–H groups in total. The van der Waals surface area contributed by atoms with Gasteiger partial charge in [-0.05, 0) is 36.6 Å². The fourth-order valence-electron chi connectivity index (χ4n) is 2.50. The van der Waals surface area contributed by atoms with Gasteiger partial charge in [0.05, 0.1) is 0 Å². The monoisotopic (exact) mass is 285 g/mol. The zero-order valence-electron chi connectivity index (χ0n) is 11.0. The molecule has 1 saturated heterocycles. The Bertz CT molecular complexity index is 450. The maximum Gasteiger partial charge on any atom is 0.387 e. The van der Waals surface area contributed by atoms with Gasteiger partial charge >= 0.3 is 12.6 Å². The Morgan fingerprint density at radius 3 is 2.70 bits per heavy atom. The molecule has 0 radical (unpaired) electrons. The highest BCUT2D eigenvalue weighted by Crippen LogP contribution is 2.22. The third kappa shape index (κ3) is 4.45. The number of alkyl halides is 2. The average molecular weight is 285 g/mol. The number of ether oxygens (including phenoxy) is 1. The second kappa shape index (κ2) is 6.65. The van der Waals surface area contributed by atoms with E-state index in [1.165, 1.54) is 12.1 Å². The van der Waals surface area contributed by atoms with Gasteiger partial charge in [0.2, 0.25) is 0 Å². The fourth-order valence-corrected chi connectivity index (χ4v) is 2.50. The Hall–Kier alpha value is -1.69. The van der Waals surface area contributed by atoms with E-state index in [1.807, 2.05) is 0 Å². The van der Waals surface area contributed by atoms with Crippen molar-refractivity contribution in [3.05, 3.63) is 29.8 Å². The number of nitrogens with zero attached hydrogens (tertiary/aromatic N) is 1. The maximum atomic E-state index is 12.0. The third-order valence-corrected chi connectivity index (χ3v) is 3.39. The molecule has 1 aliphatic heterocycles. The van der Waals surface area contributed by atoms with Crippen LogP contribution < -0.4 is 4.74 Å². The topological polar surface area (TPSA) is 49.8 Å². The van der Waals surface area contributed by atoms with Gasteiger partial charge in [-0.3, -0.25) is 9.69 Å². The van der Waals surface area contributed by atoms with Crippen molar-refractivity contribution in [2.24, 2.45) is 5.92 Å². The molecule has 1 aromatic carbocycles. The SMILES string of the molecule is O=C(O)CC1CCN(Cc2ccc(OC(F)F)cc2)C1. The fraction of sp³-hybridized carbons (Fsp3) is 0.500. The Morgan fingerprint density at radius 2 is 2.10 bits per heavy atom. The first-order chi connectivity index (χ1) is 9.52. The largest absolute Gasteiger partial charge is 0.481 e. The smallest absolute Gasteiger partial charge is 0.387 e. The lowest BCUT2D eigenvalue weighted by Crippen LogP contribution is -2.20. The van der Waals surface area contributed by atoms with Crippen LogP contribution in [0.3, 0.4) is 0 Å². The lowest BCUT2D eigenvalue weighted by atomic mass is 10.1. The van der Waals surface area contributed by atoms with Crippen LogP contribution >= 0.6 is 0 Å². The first-order valence-corrected chi connectivity index (χ1v) is 6.51. The molecule has 1 unspecified atom stereocenters. The Labute approximate surface area is 116 Å². The first-order valence-electron chi connectivity index (χ1n) is 6.51. The van der Waals surface area contributed by atoms with Gasteiger partial charge in [0.15, 0.2) is 0 Å². The summed E-state index contributed by atoms with van der Waals surface area (Å²) in [6.07, 6.45) is 1.09. The van der Waals surface area contributed by atoms with Gasteiger partial charge < -0.3 is 9.84 Å². The van der Waals surface area contributed by atoms with Gasteiger partial charge in [-0.15, -0.1) is 0 Å². The number of hydrogen-bond acceptors (Lipinski definition) is 3. The zero-order valence-corrected chi connectivity index (χ0v) is 11.0. The molecular weight excluding hydrogens is 268 g/mol. The van der Waals surface area contributed by atoms with Crippen LogP contribution in [0.25, 0.3) is 0 Å². The predicted octanol–water partition coefficient (Wildman–Crippen LogP) is 2.58. The van der Waals surface area contributed by atoms with E-state index in [1.54, 1.807) is 12.1 Å². The van der Waals surface area contributed by atoms with Crippen molar-refractivity contribution < 1.29 is 23.4 Å². The second-order valence-electron chi connectivity index (χ2n) is 5.01. The summed E-state index contributed by atoms with van der Waals surface area (Å²) >= 11 is 0. The molecule has 1 aliphatic rings. The molecule has 1 heterocycles. The van der Waals surface area contributed by atoms with Gasteiger partial charge in [-0.25, -0.2) is 0 Å². The molecule has 1 fully saturated rings. The summed E-state index contributed by atoms with van der Waals surface area (Å²) < 4.78 is 28.3. The van der Waals surface area contributed by atoms with Crippen LogP contribution in [0.2, 0.25) is 0 Å². The second-order valence-corrected chi connectivity index (χ2v) is 5.01. The van der Waals surface area contributed by atoms with Crippen LogP contribution in [0.5, 0.6) is 5.75 Å². The minimum Gasteiger partial charge on any atom is -0.481 e. The quantitative estimate of drug-likeness (QED) is 0.872. The van der Waals surface area contributed by atoms with Crippen molar-refractivity contribution >= 4 is 5.97 Å². The standard InChI is InChI=1S/C14H17F2NO3/c15-14(16)20-12-3-1-10(2-4-12)8-17-6-5-11(9-17)7-13(18)19/h1-4,11,14H,5-9H2,(H,18,19). The number of carboxylic acid groups (broad SMARTS) is 1. The van der Waals surface area contributed by atoms with Crippen LogP contribution in [0.1, 0.15) is 18.4 Å². The average Bonchev–Trinajstić information content (AvgIpc) is 2.77. The summed E-state index contributed by atoms with van der Waals surface area (Å²) in [4.78, 5) is 12.8. The normalized spacial score (nSPS) is 19.4. The first kappa shape index (κ1) is 14.7. The lowest BCUT2D eigenvalue weighted by Gasteiger charge is -2.16.